The largest absolute Gasteiger partial charge is 0.395 e. The predicted octanol–water partition coefficient (Wildman–Crippen LogP) is -3.64. The van der Waals surface area contributed by atoms with Crippen molar-refractivity contribution in [1.29, 1.82) is 0 Å². The van der Waals surface area contributed by atoms with Crippen LogP contribution in [0.15, 0.2) is 0 Å². The van der Waals surface area contributed by atoms with Gasteiger partial charge in [0.15, 0.2) is 0 Å². The molecule has 2 amide bonds. The van der Waals surface area contributed by atoms with Crippen LogP contribution in [-0.2, 0) is 9.59 Å². The monoisotopic (exact) mass is 308 g/mol. The number of nitrogens with zero attached hydrogens (tertiary/aromatic N) is 2. The van der Waals surface area contributed by atoms with E-state index in [1.165, 1.54) is 0 Å². The summed E-state index contributed by atoms with van der Waals surface area (Å²) in [6, 6.07) is 0. The summed E-state index contributed by atoms with van der Waals surface area (Å²) >= 11 is 0. The third-order valence-corrected chi connectivity index (χ3v) is 2.80. The molecule has 9 nitrogen and oxygen atoms in total. The molecule has 0 rings (SSSR count). The number of aliphatic hydroxyl groups excluding tert-OH is 5. The van der Waals surface area contributed by atoms with Crippen LogP contribution in [0, 0.1) is 0 Å². The number of hydrogen-bond acceptors (Lipinski definition) is 7. The Morgan fingerprint density at radius 1 is 0.762 bits per heavy atom. The zero-order chi connectivity index (χ0) is 16.3. The van der Waals surface area contributed by atoms with Gasteiger partial charge in [-0.1, -0.05) is 0 Å². The molecule has 0 saturated heterocycles. The molecule has 0 bridgehead atoms. The molecule has 124 valence electrons. The molecule has 0 aromatic carbocycles. The Labute approximate surface area is 123 Å². The lowest BCUT2D eigenvalue weighted by Gasteiger charge is -2.25. The molecule has 0 aromatic heterocycles. The summed E-state index contributed by atoms with van der Waals surface area (Å²) in [5.41, 5.74) is 0. The fourth-order valence-corrected chi connectivity index (χ4v) is 1.77. The summed E-state index contributed by atoms with van der Waals surface area (Å²) < 4.78 is 0. The molecule has 0 aliphatic heterocycles. The van der Waals surface area contributed by atoms with E-state index >= 15 is 0 Å². The van der Waals surface area contributed by atoms with Crippen molar-refractivity contribution in [1.82, 2.24) is 9.80 Å². The lowest BCUT2D eigenvalue weighted by molar-refractivity contribution is -0.147. The standard InChI is InChI=1S/C12H24N2O7/c15-5-1-13(2-6-16)11(20)9-10(19)12(21)14(3-7-17)4-8-18/h10,15-19H,1-9H2. The summed E-state index contributed by atoms with van der Waals surface area (Å²) in [6.07, 6.45) is -2.10. The first kappa shape index (κ1) is 19.7. The van der Waals surface area contributed by atoms with Gasteiger partial charge in [-0.25, -0.2) is 0 Å². The molecule has 0 saturated carbocycles. The lowest BCUT2D eigenvalue weighted by Crippen LogP contribution is -2.45. The number of carbonyl (C=O) groups is 2. The summed E-state index contributed by atoms with van der Waals surface area (Å²) in [7, 11) is 0. The molecule has 21 heavy (non-hydrogen) atoms. The van der Waals surface area contributed by atoms with E-state index in [1.54, 1.807) is 0 Å². The molecule has 0 fully saturated rings. The topological polar surface area (TPSA) is 142 Å². The molecule has 1 unspecified atom stereocenters. The van der Waals surface area contributed by atoms with E-state index in [-0.39, 0.29) is 52.6 Å². The number of amides is 2. The van der Waals surface area contributed by atoms with E-state index in [9.17, 15) is 14.7 Å². The van der Waals surface area contributed by atoms with E-state index in [0.29, 0.717) is 0 Å². The molecule has 0 aliphatic rings. The van der Waals surface area contributed by atoms with Crippen LogP contribution in [0.4, 0.5) is 0 Å². The van der Waals surface area contributed by atoms with Crippen LogP contribution in [0.1, 0.15) is 6.42 Å². The van der Waals surface area contributed by atoms with Gasteiger partial charge in [0.2, 0.25) is 5.91 Å². The fourth-order valence-electron chi connectivity index (χ4n) is 1.77. The maximum Gasteiger partial charge on any atom is 0.252 e. The van der Waals surface area contributed by atoms with Crippen molar-refractivity contribution in [3.63, 3.8) is 0 Å². The van der Waals surface area contributed by atoms with Gasteiger partial charge < -0.3 is 35.3 Å². The Kier molecular flexibility index (Phi) is 10.7. The molecule has 1 atom stereocenters. The van der Waals surface area contributed by atoms with Gasteiger partial charge in [0.25, 0.3) is 5.91 Å². The van der Waals surface area contributed by atoms with Crippen molar-refractivity contribution in [3.8, 4) is 0 Å². The number of aliphatic hydroxyl groups is 5. The Morgan fingerprint density at radius 2 is 1.14 bits per heavy atom. The maximum atomic E-state index is 11.9. The second kappa shape index (κ2) is 11.4. The van der Waals surface area contributed by atoms with Crippen molar-refractivity contribution < 1.29 is 35.1 Å². The number of rotatable bonds is 11. The average Bonchev–Trinajstić information content (AvgIpc) is 2.45. The molecule has 0 heterocycles. The molecule has 0 spiro atoms. The highest BCUT2D eigenvalue weighted by atomic mass is 16.3. The molecule has 5 N–H and O–H groups in total. The average molecular weight is 308 g/mol. The minimum absolute atomic E-state index is 0.00268. The zero-order valence-corrected chi connectivity index (χ0v) is 11.9. The first-order valence-electron chi connectivity index (χ1n) is 6.69. The number of carbonyl (C=O) groups excluding carboxylic acids is 2. The number of hydrogen-bond donors (Lipinski definition) is 5. The Balaban J connectivity index is 4.57. The molecular formula is C12H24N2O7. The maximum absolute atomic E-state index is 11.9. The van der Waals surface area contributed by atoms with Crippen LogP contribution < -0.4 is 0 Å². The summed E-state index contributed by atoms with van der Waals surface area (Å²) in [5, 5.41) is 45.0. The highest BCUT2D eigenvalue weighted by Gasteiger charge is 2.26. The molecular weight excluding hydrogens is 284 g/mol. The Morgan fingerprint density at radius 3 is 1.52 bits per heavy atom. The van der Waals surface area contributed by atoms with Crippen LogP contribution in [-0.4, -0.2) is 106 Å². The molecule has 0 aliphatic carbocycles. The minimum atomic E-state index is -1.60. The van der Waals surface area contributed by atoms with Gasteiger partial charge in [0.05, 0.1) is 32.8 Å². The van der Waals surface area contributed by atoms with Gasteiger partial charge >= 0.3 is 0 Å². The fraction of sp³-hybridized carbons (Fsp3) is 0.833. The lowest BCUT2D eigenvalue weighted by atomic mass is 10.2. The SMILES string of the molecule is O=C(CC(O)C(=O)N(CCO)CCO)N(CCO)CCO. The van der Waals surface area contributed by atoms with E-state index < -0.39 is 24.3 Å². The van der Waals surface area contributed by atoms with Crippen molar-refractivity contribution >= 4 is 11.8 Å². The smallest absolute Gasteiger partial charge is 0.252 e. The highest BCUT2D eigenvalue weighted by Crippen LogP contribution is 2.03. The van der Waals surface area contributed by atoms with Crippen LogP contribution in [0.5, 0.6) is 0 Å². The Bertz CT molecular complexity index is 302. The Hall–Kier alpha value is -1.26. The van der Waals surface area contributed by atoms with E-state index in [4.69, 9.17) is 20.4 Å². The van der Waals surface area contributed by atoms with Gasteiger partial charge in [0.1, 0.15) is 6.10 Å². The van der Waals surface area contributed by atoms with E-state index in [0.717, 1.165) is 9.80 Å². The van der Waals surface area contributed by atoms with Gasteiger partial charge in [-0.2, -0.15) is 0 Å². The van der Waals surface area contributed by atoms with Crippen LogP contribution in [0.25, 0.3) is 0 Å². The van der Waals surface area contributed by atoms with Gasteiger partial charge in [-0.3, -0.25) is 9.59 Å². The molecule has 9 heteroatoms. The van der Waals surface area contributed by atoms with E-state index in [1.807, 2.05) is 0 Å². The predicted molar refractivity (Wildman–Crippen MR) is 72.1 cm³/mol. The molecule has 0 aromatic rings. The third-order valence-electron chi connectivity index (χ3n) is 2.80. The van der Waals surface area contributed by atoms with E-state index in [2.05, 4.69) is 0 Å². The van der Waals surface area contributed by atoms with Gasteiger partial charge in [-0.05, 0) is 0 Å². The summed E-state index contributed by atoms with van der Waals surface area (Å²) in [5.74, 6) is -1.34. The first-order chi connectivity index (χ1) is 10.0. The summed E-state index contributed by atoms with van der Waals surface area (Å²) in [6.45, 7) is -1.35. The quantitative estimate of drug-likeness (QED) is 0.265. The normalized spacial score (nSPS) is 12.0. The minimum Gasteiger partial charge on any atom is -0.395 e. The third kappa shape index (κ3) is 7.34. The first-order valence-corrected chi connectivity index (χ1v) is 6.69. The van der Waals surface area contributed by atoms with Gasteiger partial charge in [0, 0.05) is 26.2 Å². The van der Waals surface area contributed by atoms with Gasteiger partial charge in [-0.15, -0.1) is 0 Å². The van der Waals surface area contributed by atoms with Crippen LogP contribution >= 0.6 is 0 Å². The second-order valence-electron chi connectivity index (χ2n) is 4.32. The zero-order valence-electron chi connectivity index (χ0n) is 11.9. The van der Waals surface area contributed by atoms with Crippen molar-refractivity contribution in [2.75, 3.05) is 52.6 Å². The van der Waals surface area contributed by atoms with Crippen molar-refractivity contribution in [2.45, 2.75) is 12.5 Å². The summed E-state index contributed by atoms with van der Waals surface area (Å²) in [4.78, 5) is 25.9. The van der Waals surface area contributed by atoms with Crippen LogP contribution in [0.3, 0.4) is 0 Å². The van der Waals surface area contributed by atoms with Crippen molar-refractivity contribution in [3.05, 3.63) is 0 Å². The second-order valence-corrected chi connectivity index (χ2v) is 4.32. The van der Waals surface area contributed by atoms with Crippen LogP contribution in [0.2, 0.25) is 0 Å². The highest BCUT2D eigenvalue weighted by molar-refractivity contribution is 5.87. The van der Waals surface area contributed by atoms with Crippen molar-refractivity contribution in [2.24, 2.45) is 0 Å². The molecule has 0 radical (unpaired) electrons.